The molecule has 6 heteroatoms. The van der Waals surface area contributed by atoms with Crippen LogP contribution in [0.15, 0.2) is 37.1 Å². The summed E-state index contributed by atoms with van der Waals surface area (Å²) >= 11 is 0. The van der Waals surface area contributed by atoms with E-state index < -0.39 is 0 Å². The van der Waals surface area contributed by atoms with Crippen LogP contribution < -0.4 is 4.74 Å². The minimum Gasteiger partial charge on any atom is -0.478 e. The molecule has 114 valence electrons. The molecule has 0 spiro atoms. The van der Waals surface area contributed by atoms with Gasteiger partial charge < -0.3 is 18.8 Å². The molecule has 0 aliphatic rings. The van der Waals surface area contributed by atoms with Crippen LogP contribution in [0.4, 0.5) is 0 Å². The Morgan fingerprint density at radius 3 is 2.62 bits per heavy atom. The van der Waals surface area contributed by atoms with E-state index in [1.165, 1.54) is 0 Å². The van der Waals surface area contributed by atoms with E-state index in [-0.39, 0.29) is 0 Å². The lowest BCUT2D eigenvalue weighted by Gasteiger charge is -2.07. The fraction of sp³-hybridized carbons (Fsp3) is 0.467. The molecular weight excluding hydrogens is 270 g/mol. The molecule has 0 saturated heterocycles. The van der Waals surface area contributed by atoms with Gasteiger partial charge in [0.2, 0.25) is 5.88 Å². The van der Waals surface area contributed by atoms with E-state index in [9.17, 15) is 0 Å². The highest BCUT2D eigenvalue weighted by atomic mass is 16.5. The largest absolute Gasteiger partial charge is 0.478 e. The smallest absolute Gasteiger partial charge is 0.213 e. The van der Waals surface area contributed by atoms with Gasteiger partial charge in [-0.25, -0.2) is 9.97 Å². The molecule has 0 fully saturated rings. The molecule has 0 aliphatic heterocycles. The summed E-state index contributed by atoms with van der Waals surface area (Å²) < 4.78 is 17.9. The second-order valence-corrected chi connectivity index (χ2v) is 4.49. The molecule has 0 unspecified atom stereocenters. The molecule has 2 aromatic heterocycles. The number of aromatic nitrogens is 3. The van der Waals surface area contributed by atoms with Gasteiger partial charge in [-0.15, -0.1) is 0 Å². The predicted molar refractivity (Wildman–Crippen MR) is 78.8 cm³/mol. The third kappa shape index (κ3) is 5.53. The molecule has 0 aromatic carbocycles. The van der Waals surface area contributed by atoms with Crippen molar-refractivity contribution < 1.29 is 14.2 Å². The Bertz CT molecular complexity index is 485. The molecule has 0 radical (unpaired) electrons. The Kier molecular flexibility index (Phi) is 6.70. The van der Waals surface area contributed by atoms with Gasteiger partial charge in [0.25, 0.3) is 0 Å². The zero-order valence-corrected chi connectivity index (χ0v) is 12.3. The maximum Gasteiger partial charge on any atom is 0.213 e. The summed E-state index contributed by atoms with van der Waals surface area (Å²) in [5.41, 5.74) is 0.960. The van der Waals surface area contributed by atoms with Crippen molar-refractivity contribution in [2.75, 3.05) is 33.5 Å². The van der Waals surface area contributed by atoms with E-state index in [1.54, 1.807) is 25.8 Å². The summed E-state index contributed by atoms with van der Waals surface area (Å²) in [6.07, 6.45) is 8.87. The number of pyridine rings is 1. The van der Waals surface area contributed by atoms with Gasteiger partial charge in [-0.2, -0.15) is 0 Å². The molecule has 0 bridgehead atoms. The first-order chi connectivity index (χ1) is 10.4. The van der Waals surface area contributed by atoms with E-state index in [4.69, 9.17) is 14.2 Å². The Morgan fingerprint density at radius 1 is 1.10 bits per heavy atom. The van der Waals surface area contributed by atoms with Gasteiger partial charge in [-0.3, -0.25) is 0 Å². The summed E-state index contributed by atoms with van der Waals surface area (Å²) in [5.74, 6) is 0.623. The molecule has 0 aliphatic carbocycles. The van der Waals surface area contributed by atoms with Gasteiger partial charge >= 0.3 is 0 Å². The van der Waals surface area contributed by atoms with Gasteiger partial charge in [-0.05, 0) is 12.5 Å². The predicted octanol–water partition coefficient (Wildman–Crippen LogP) is 2.09. The first-order valence-corrected chi connectivity index (χ1v) is 7.04. The average molecular weight is 291 g/mol. The van der Waals surface area contributed by atoms with Gasteiger partial charge in [0, 0.05) is 51.8 Å². The lowest BCUT2D eigenvalue weighted by Crippen LogP contribution is -2.06. The van der Waals surface area contributed by atoms with Gasteiger partial charge in [0.15, 0.2) is 0 Å². The van der Waals surface area contributed by atoms with Gasteiger partial charge in [-0.1, -0.05) is 0 Å². The molecule has 2 rings (SSSR count). The number of methoxy groups -OCH3 is 1. The molecule has 0 amide bonds. The van der Waals surface area contributed by atoms with Crippen molar-refractivity contribution in [1.82, 2.24) is 14.5 Å². The lowest BCUT2D eigenvalue weighted by atomic mass is 10.4. The fourth-order valence-corrected chi connectivity index (χ4v) is 1.77. The Hall–Kier alpha value is -1.92. The Balaban J connectivity index is 1.61. The zero-order chi connectivity index (χ0) is 14.8. The number of rotatable bonds is 10. The number of ether oxygens (including phenoxy) is 3. The van der Waals surface area contributed by atoms with Crippen LogP contribution in [0.3, 0.4) is 0 Å². The van der Waals surface area contributed by atoms with Crippen molar-refractivity contribution in [1.29, 1.82) is 0 Å². The number of hydrogen-bond donors (Lipinski definition) is 0. The molecule has 21 heavy (non-hydrogen) atoms. The highest BCUT2D eigenvalue weighted by molar-refractivity contribution is 5.31. The quantitative estimate of drug-likeness (QED) is 0.627. The van der Waals surface area contributed by atoms with E-state index in [0.717, 1.165) is 31.7 Å². The topological polar surface area (TPSA) is 58.4 Å². The number of hydrogen-bond acceptors (Lipinski definition) is 5. The van der Waals surface area contributed by atoms with Crippen LogP contribution in [0, 0.1) is 0 Å². The molecule has 0 saturated carbocycles. The highest BCUT2D eigenvalue weighted by Crippen LogP contribution is 2.11. The molecule has 2 aromatic rings. The maximum atomic E-state index is 5.57. The van der Waals surface area contributed by atoms with Crippen LogP contribution in [0.1, 0.15) is 12.8 Å². The number of nitrogens with zero attached hydrogens (tertiary/aromatic N) is 3. The van der Waals surface area contributed by atoms with Crippen molar-refractivity contribution in [2.45, 2.75) is 12.8 Å². The third-order valence-corrected chi connectivity index (χ3v) is 2.84. The fourth-order valence-electron chi connectivity index (χ4n) is 1.77. The summed E-state index contributed by atoms with van der Waals surface area (Å²) in [6.45, 7) is 2.76. The lowest BCUT2D eigenvalue weighted by molar-refractivity contribution is 0.0937. The monoisotopic (exact) mass is 291 g/mol. The second-order valence-electron chi connectivity index (χ2n) is 4.49. The minimum absolute atomic E-state index is 0.599. The van der Waals surface area contributed by atoms with Gasteiger partial charge in [0.1, 0.15) is 0 Å². The van der Waals surface area contributed by atoms with Crippen LogP contribution in [0.25, 0.3) is 5.69 Å². The van der Waals surface area contributed by atoms with E-state index in [0.29, 0.717) is 19.1 Å². The maximum absolute atomic E-state index is 5.57. The molecular formula is C15H21N3O3. The second kappa shape index (κ2) is 9.10. The molecule has 0 atom stereocenters. The standard InChI is InChI=1S/C15H21N3O3/c1-19-8-2-9-20-10-3-11-21-15-5-4-14(12-17-15)18-7-6-16-13-18/h4-7,12-13H,2-3,8-11H2,1H3. The summed E-state index contributed by atoms with van der Waals surface area (Å²) in [7, 11) is 1.69. The third-order valence-electron chi connectivity index (χ3n) is 2.84. The van der Waals surface area contributed by atoms with Crippen LogP contribution in [-0.2, 0) is 9.47 Å². The van der Waals surface area contributed by atoms with Crippen LogP contribution in [0.2, 0.25) is 0 Å². The van der Waals surface area contributed by atoms with E-state index in [2.05, 4.69) is 9.97 Å². The molecule has 6 nitrogen and oxygen atoms in total. The first-order valence-electron chi connectivity index (χ1n) is 7.04. The van der Waals surface area contributed by atoms with E-state index >= 15 is 0 Å². The Labute approximate surface area is 124 Å². The summed E-state index contributed by atoms with van der Waals surface area (Å²) in [6, 6.07) is 3.81. The zero-order valence-electron chi connectivity index (χ0n) is 12.3. The first kappa shape index (κ1) is 15.5. The van der Waals surface area contributed by atoms with E-state index in [1.807, 2.05) is 22.9 Å². The summed E-state index contributed by atoms with van der Waals surface area (Å²) in [5, 5.41) is 0. The van der Waals surface area contributed by atoms with Crippen LogP contribution in [-0.4, -0.2) is 48.1 Å². The average Bonchev–Trinajstić information content (AvgIpc) is 3.05. The van der Waals surface area contributed by atoms with Crippen molar-refractivity contribution in [3.8, 4) is 11.6 Å². The van der Waals surface area contributed by atoms with Crippen molar-refractivity contribution in [2.24, 2.45) is 0 Å². The van der Waals surface area contributed by atoms with Crippen molar-refractivity contribution >= 4 is 0 Å². The SMILES string of the molecule is COCCCOCCCOc1ccc(-n2ccnc2)cn1. The van der Waals surface area contributed by atoms with Crippen LogP contribution in [0.5, 0.6) is 5.88 Å². The number of imidazole rings is 1. The molecule has 0 N–H and O–H groups in total. The van der Waals surface area contributed by atoms with Crippen molar-refractivity contribution in [3.63, 3.8) is 0 Å². The molecule has 2 heterocycles. The minimum atomic E-state index is 0.599. The summed E-state index contributed by atoms with van der Waals surface area (Å²) in [4.78, 5) is 8.26. The van der Waals surface area contributed by atoms with Crippen LogP contribution >= 0.6 is 0 Å². The highest BCUT2D eigenvalue weighted by Gasteiger charge is 1.99. The van der Waals surface area contributed by atoms with Crippen molar-refractivity contribution in [3.05, 3.63) is 37.1 Å². The normalized spacial score (nSPS) is 10.7. The van der Waals surface area contributed by atoms with Gasteiger partial charge in [0.05, 0.1) is 24.8 Å². The Morgan fingerprint density at radius 2 is 1.95 bits per heavy atom.